The molecule has 0 aliphatic carbocycles. The number of nitro benzene ring substituents is 1. The van der Waals surface area contributed by atoms with Crippen molar-refractivity contribution < 1.29 is 4.92 Å². The Labute approximate surface area is 123 Å². The standard InChI is InChI=1S/C14H18ClN3O2/c15-12-2-1-10(7-14(12)18(19)20)8-17-6-4-13-11(9-17)3-5-16-13/h1-2,7,11,13,16H,3-6,8-9H2. The third-order valence-electron chi connectivity index (χ3n) is 4.35. The molecule has 2 aliphatic rings. The number of nitrogens with one attached hydrogen (secondary N) is 1. The molecule has 1 aromatic carbocycles. The zero-order chi connectivity index (χ0) is 14.1. The first-order valence-electron chi connectivity index (χ1n) is 7.02. The fourth-order valence-corrected chi connectivity index (χ4v) is 3.51. The monoisotopic (exact) mass is 295 g/mol. The lowest BCUT2D eigenvalue weighted by Crippen LogP contribution is -2.43. The predicted molar refractivity (Wildman–Crippen MR) is 77.9 cm³/mol. The van der Waals surface area contributed by atoms with Crippen molar-refractivity contribution in [1.82, 2.24) is 10.2 Å². The maximum atomic E-state index is 10.9. The lowest BCUT2D eigenvalue weighted by atomic mass is 9.93. The molecule has 0 radical (unpaired) electrons. The van der Waals surface area contributed by atoms with E-state index in [0.29, 0.717) is 6.04 Å². The Balaban J connectivity index is 1.68. The van der Waals surface area contributed by atoms with Crippen LogP contribution in [-0.4, -0.2) is 35.5 Å². The molecule has 6 heteroatoms. The number of rotatable bonds is 3. The van der Waals surface area contributed by atoms with Crippen LogP contribution in [0.1, 0.15) is 18.4 Å². The van der Waals surface area contributed by atoms with Crippen LogP contribution < -0.4 is 5.32 Å². The Morgan fingerprint density at radius 1 is 1.45 bits per heavy atom. The summed E-state index contributed by atoms with van der Waals surface area (Å²) in [6.45, 7) is 4.01. The van der Waals surface area contributed by atoms with Gasteiger partial charge >= 0.3 is 0 Å². The highest BCUT2D eigenvalue weighted by Gasteiger charge is 2.32. The fourth-order valence-electron chi connectivity index (χ4n) is 3.32. The number of nitro groups is 1. The Morgan fingerprint density at radius 2 is 2.30 bits per heavy atom. The normalized spacial score (nSPS) is 26.4. The van der Waals surface area contributed by atoms with Crippen molar-refractivity contribution in [2.75, 3.05) is 19.6 Å². The van der Waals surface area contributed by atoms with Crippen LogP contribution in [0.2, 0.25) is 5.02 Å². The van der Waals surface area contributed by atoms with E-state index in [2.05, 4.69) is 10.2 Å². The first kappa shape index (κ1) is 13.8. The van der Waals surface area contributed by atoms with Crippen molar-refractivity contribution in [2.45, 2.75) is 25.4 Å². The summed E-state index contributed by atoms with van der Waals surface area (Å²) in [5.74, 6) is 0.728. The Kier molecular flexibility index (Phi) is 3.92. The fraction of sp³-hybridized carbons (Fsp3) is 0.571. The molecule has 0 amide bonds. The first-order chi connectivity index (χ1) is 9.63. The number of halogens is 1. The second-order valence-corrected chi connectivity index (χ2v) is 6.08. The molecular weight excluding hydrogens is 278 g/mol. The van der Waals surface area contributed by atoms with Gasteiger partial charge in [0.15, 0.2) is 0 Å². The molecule has 0 saturated carbocycles. The Hall–Kier alpha value is -1.17. The van der Waals surface area contributed by atoms with Gasteiger partial charge in [-0.05, 0) is 43.5 Å². The molecule has 0 aromatic heterocycles. The summed E-state index contributed by atoms with van der Waals surface area (Å²) in [5, 5.41) is 14.7. The van der Waals surface area contributed by atoms with Crippen LogP contribution >= 0.6 is 11.6 Å². The molecule has 0 bridgehead atoms. The zero-order valence-corrected chi connectivity index (χ0v) is 12.0. The molecular formula is C14H18ClN3O2. The van der Waals surface area contributed by atoms with E-state index in [9.17, 15) is 10.1 Å². The average molecular weight is 296 g/mol. The van der Waals surface area contributed by atoms with Crippen molar-refractivity contribution in [3.8, 4) is 0 Å². The van der Waals surface area contributed by atoms with Gasteiger partial charge in [0.1, 0.15) is 5.02 Å². The van der Waals surface area contributed by atoms with Crippen molar-refractivity contribution in [2.24, 2.45) is 5.92 Å². The van der Waals surface area contributed by atoms with Gasteiger partial charge in [0.2, 0.25) is 0 Å². The van der Waals surface area contributed by atoms with Crippen molar-refractivity contribution >= 4 is 17.3 Å². The summed E-state index contributed by atoms with van der Waals surface area (Å²) in [4.78, 5) is 12.9. The quantitative estimate of drug-likeness (QED) is 0.687. The number of piperidine rings is 1. The molecule has 5 nitrogen and oxygen atoms in total. The van der Waals surface area contributed by atoms with E-state index in [0.717, 1.165) is 37.7 Å². The van der Waals surface area contributed by atoms with Gasteiger partial charge in [-0.2, -0.15) is 0 Å². The maximum Gasteiger partial charge on any atom is 0.288 e. The summed E-state index contributed by atoms with van der Waals surface area (Å²) >= 11 is 5.84. The second-order valence-electron chi connectivity index (χ2n) is 5.68. The molecule has 2 fully saturated rings. The molecule has 2 unspecified atom stereocenters. The summed E-state index contributed by atoms with van der Waals surface area (Å²) in [6, 6.07) is 5.78. The molecule has 1 N–H and O–H groups in total. The van der Waals surface area contributed by atoms with Crippen LogP contribution in [0.25, 0.3) is 0 Å². The van der Waals surface area contributed by atoms with E-state index >= 15 is 0 Å². The second kappa shape index (κ2) is 5.68. The van der Waals surface area contributed by atoms with Gasteiger partial charge in [0.25, 0.3) is 5.69 Å². The van der Waals surface area contributed by atoms with E-state index in [1.165, 1.54) is 12.8 Å². The van der Waals surface area contributed by atoms with Crippen LogP contribution in [-0.2, 0) is 6.54 Å². The zero-order valence-electron chi connectivity index (χ0n) is 11.2. The number of nitrogens with zero attached hydrogens (tertiary/aromatic N) is 2. The van der Waals surface area contributed by atoms with Gasteiger partial charge in [-0.3, -0.25) is 15.0 Å². The molecule has 2 atom stereocenters. The molecule has 2 aliphatic heterocycles. The van der Waals surface area contributed by atoms with Gasteiger partial charge in [0, 0.05) is 25.2 Å². The van der Waals surface area contributed by atoms with E-state index in [1.54, 1.807) is 12.1 Å². The van der Waals surface area contributed by atoms with Crippen molar-refractivity contribution in [3.63, 3.8) is 0 Å². The molecule has 1 aromatic rings. The largest absolute Gasteiger partial charge is 0.314 e. The molecule has 20 heavy (non-hydrogen) atoms. The maximum absolute atomic E-state index is 10.9. The minimum atomic E-state index is -0.418. The van der Waals surface area contributed by atoms with Gasteiger partial charge in [-0.15, -0.1) is 0 Å². The number of hydrogen-bond acceptors (Lipinski definition) is 4. The van der Waals surface area contributed by atoms with Crippen LogP contribution in [0, 0.1) is 16.0 Å². The van der Waals surface area contributed by atoms with Gasteiger partial charge in [-0.1, -0.05) is 17.7 Å². The van der Waals surface area contributed by atoms with Crippen LogP contribution in [0.5, 0.6) is 0 Å². The predicted octanol–water partition coefficient (Wildman–Crippen LogP) is 2.43. The van der Waals surface area contributed by atoms with E-state index in [-0.39, 0.29) is 10.7 Å². The smallest absolute Gasteiger partial charge is 0.288 e. The highest BCUT2D eigenvalue weighted by Crippen LogP contribution is 2.28. The van der Waals surface area contributed by atoms with Crippen LogP contribution in [0.15, 0.2) is 18.2 Å². The average Bonchev–Trinajstić information content (AvgIpc) is 2.88. The van der Waals surface area contributed by atoms with E-state index < -0.39 is 4.92 Å². The molecule has 108 valence electrons. The van der Waals surface area contributed by atoms with Gasteiger partial charge < -0.3 is 5.32 Å². The molecule has 2 heterocycles. The third-order valence-corrected chi connectivity index (χ3v) is 4.67. The first-order valence-corrected chi connectivity index (χ1v) is 7.40. The molecule has 2 saturated heterocycles. The molecule has 3 rings (SSSR count). The number of fused-ring (bicyclic) bond motifs is 1. The number of likely N-dealkylation sites (tertiary alicyclic amines) is 1. The Bertz CT molecular complexity index is 523. The van der Waals surface area contributed by atoms with Crippen molar-refractivity contribution in [1.29, 1.82) is 0 Å². The minimum Gasteiger partial charge on any atom is -0.314 e. The van der Waals surface area contributed by atoms with Crippen molar-refractivity contribution in [3.05, 3.63) is 38.9 Å². The highest BCUT2D eigenvalue weighted by atomic mass is 35.5. The van der Waals surface area contributed by atoms with Gasteiger partial charge in [-0.25, -0.2) is 0 Å². The van der Waals surface area contributed by atoms with Crippen LogP contribution in [0.4, 0.5) is 5.69 Å². The van der Waals surface area contributed by atoms with E-state index in [4.69, 9.17) is 11.6 Å². The summed E-state index contributed by atoms with van der Waals surface area (Å²) in [7, 11) is 0. The number of benzene rings is 1. The lowest BCUT2D eigenvalue weighted by Gasteiger charge is -2.34. The summed E-state index contributed by atoms with van der Waals surface area (Å²) in [6.07, 6.45) is 2.41. The highest BCUT2D eigenvalue weighted by molar-refractivity contribution is 6.32. The summed E-state index contributed by atoms with van der Waals surface area (Å²) < 4.78 is 0. The summed E-state index contributed by atoms with van der Waals surface area (Å²) in [5.41, 5.74) is 0.965. The lowest BCUT2D eigenvalue weighted by molar-refractivity contribution is -0.384. The number of hydrogen-bond donors (Lipinski definition) is 1. The molecule has 0 spiro atoms. The van der Waals surface area contributed by atoms with Gasteiger partial charge in [0.05, 0.1) is 4.92 Å². The third kappa shape index (κ3) is 2.80. The Morgan fingerprint density at radius 3 is 3.10 bits per heavy atom. The van der Waals surface area contributed by atoms with Crippen LogP contribution in [0.3, 0.4) is 0 Å². The minimum absolute atomic E-state index is 0.00147. The van der Waals surface area contributed by atoms with E-state index in [1.807, 2.05) is 6.07 Å². The topological polar surface area (TPSA) is 58.4 Å². The SMILES string of the molecule is O=[N+]([O-])c1cc(CN2CCC3NCCC3C2)ccc1Cl.